The average Bonchev–Trinajstić information content (AvgIpc) is 3.00. The van der Waals surface area contributed by atoms with Crippen LogP contribution in [0.25, 0.3) is 33.5 Å². The van der Waals surface area contributed by atoms with E-state index in [-0.39, 0.29) is 17.9 Å². The van der Waals surface area contributed by atoms with Crippen molar-refractivity contribution in [2.45, 2.75) is 26.4 Å². The highest BCUT2D eigenvalue weighted by molar-refractivity contribution is 5.99. The third-order valence-corrected chi connectivity index (χ3v) is 6.38. The first kappa shape index (κ1) is 27.2. The highest BCUT2D eigenvalue weighted by atomic mass is 16.5. The minimum absolute atomic E-state index is 0.188. The molecule has 0 saturated heterocycles. The Morgan fingerprint density at radius 3 is 1.78 bits per heavy atom. The van der Waals surface area contributed by atoms with Crippen LogP contribution in [-0.2, 0) is 14.3 Å². The molecule has 1 heterocycles. The van der Waals surface area contributed by atoms with Gasteiger partial charge in [-0.15, -0.1) is 0 Å². The van der Waals surface area contributed by atoms with E-state index in [1.807, 2.05) is 60.7 Å². The first-order valence-electron chi connectivity index (χ1n) is 13.2. The Balaban J connectivity index is 1.38. The lowest BCUT2D eigenvalue weighted by atomic mass is 10.0. The van der Waals surface area contributed by atoms with Crippen LogP contribution in [0.1, 0.15) is 30.6 Å². The molecule has 0 bridgehead atoms. The SMILES string of the molecule is CCC(OC(=O)c1ccc2nc(-c3ccccc3)c(-c3ccccc3)nc2c1)C(=O)Nc1ccc(NC(C)=O)cc1. The summed E-state index contributed by atoms with van der Waals surface area (Å²) < 4.78 is 5.60. The van der Waals surface area contributed by atoms with E-state index in [1.54, 1.807) is 49.4 Å². The zero-order chi connectivity index (χ0) is 28.8. The number of amides is 2. The highest BCUT2D eigenvalue weighted by Gasteiger charge is 2.23. The van der Waals surface area contributed by atoms with E-state index in [2.05, 4.69) is 10.6 Å². The third kappa shape index (κ3) is 6.45. The van der Waals surface area contributed by atoms with Crippen LogP contribution in [-0.4, -0.2) is 33.9 Å². The molecule has 8 heteroatoms. The molecule has 1 unspecified atom stereocenters. The summed E-state index contributed by atoms with van der Waals surface area (Å²) in [5, 5.41) is 5.43. The molecule has 0 saturated carbocycles. The van der Waals surface area contributed by atoms with E-state index in [9.17, 15) is 14.4 Å². The van der Waals surface area contributed by atoms with Crippen molar-refractivity contribution in [1.29, 1.82) is 0 Å². The largest absolute Gasteiger partial charge is 0.449 e. The molecular weight excluding hydrogens is 516 g/mol. The molecule has 0 radical (unpaired) electrons. The van der Waals surface area contributed by atoms with E-state index in [4.69, 9.17) is 14.7 Å². The van der Waals surface area contributed by atoms with Gasteiger partial charge in [-0.1, -0.05) is 67.6 Å². The van der Waals surface area contributed by atoms with Crippen LogP contribution in [0, 0.1) is 0 Å². The van der Waals surface area contributed by atoms with Crippen LogP contribution in [0.5, 0.6) is 0 Å². The molecule has 2 N–H and O–H groups in total. The van der Waals surface area contributed by atoms with Crippen LogP contribution >= 0.6 is 0 Å². The fraction of sp³-hybridized carbons (Fsp3) is 0.121. The fourth-order valence-electron chi connectivity index (χ4n) is 4.36. The molecule has 4 aromatic carbocycles. The predicted octanol–water partition coefficient (Wildman–Crippen LogP) is 6.50. The first-order valence-corrected chi connectivity index (χ1v) is 13.2. The molecule has 2 amide bonds. The Hall–Kier alpha value is -5.37. The van der Waals surface area contributed by atoms with Crippen molar-refractivity contribution in [1.82, 2.24) is 9.97 Å². The van der Waals surface area contributed by atoms with Crippen molar-refractivity contribution >= 4 is 40.2 Å². The molecule has 0 spiro atoms. The van der Waals surface area contributed by atoms with Crippen LogP contribution in [0.4, 0.5) is 11.4 Å². The fourth-order valence-corrected chi connectivity index (χ4v) is 4.36. The summed E-state index contributed by atoms with van der Waals surface area (Å²) in [6.45, 7) is 3.18. The second-order valence-corrected chi connectivity index (χ2v) is 9.41. The maximum Gasteiger partial charge on any atom is 0.338 e. The minimum Gasteiger partial charge on any atom is -0.449 e. The summed E-state index contributed by atoms with van der Waals surface area (Å²) in [5.74, 6) is -1.27. The Labute approximate surface area is 237 Å². The first-order chi connectivity index (χ1) is 19.9. The maximum atomic E-state index is 13.1. The van der Waals surface area contributed by atoms with Crippen LogP contribution in [0.2, 0.25) is 0 Å². The van der Waals surface area contributed by atoms with Gasteiger partial charge in [-0.25, -0.2) is 14.8 Å². The predicted molar refractivity (Wildman–Crippen MR) is 159 cm³/mol. The van der Waals surface area contributed by atoms with Gasteiger partial charge in [0.25, 0.3) is 5.91 Å². The molecule has 41 heavy (non-hydrogen) atoms. The van der Waals surface area contributed by atoms with Crippen LogP contribution in [0.3, 0.4) is 0 Å². The number of aromatic nitrogens is 2. The van der Waals surface area contributed by atoms with Gasteiger partial charge in [0.1, 0.15) is 0 Å². The summed E-state index contributed by atoms with van der Waals surface area (Å²) in [5.41, 5.74) is 5.85. The molecule has 0 fully saturated rings. The lowest BCUT2D eigenvalue weighted by Gasteiger charge is -2.17. The number of carbonyl (C=O) groups excluding carboxylic acids is 3. The summed E-state index contributed by atoms with van der Waals surface area (Å²) in [7, 11) is 0. The number of nitrogens with zero attached hydrogens (tertiary/aromatic N) is 2. The summed E-state index contributed by atoms with van der Waals surface area (Å²) in [6.07, 6.45) is -0.715. The number of hydrogen-bond donors (Lipinski definition) is 2. The number of hydrogen-bond acceptors (Lipinski definition) is 6. The summed E-state index contributed by atoms with van der Waals surface area (Å²) in [4.78, 5) is 47.0. The molecule has 5 aromatic rings. The lowest BCUT2D eigenvalue weighted by Crippen LogP contribution is -2.32. The highest BCUT2D eigenvalue weighted by Crippen LogP contribution is 2.31. The van der Waals surface area contributed by atoms with E-state index >= 15 is 0 Å². The van der Waals surface area contributed by atoms with Gasteiger partial charge in [-0.2, -0.15) is 0 Å². The smallest absolute Gasteiger partial charge is 0.338 e. The van der Waals surface area contributed by atoms with E-state index in [1.165, 1.54) is 6.92 Å². The maximum absolute atomic E-state index is 13.1. The second kappa shape index (κ2) is 12.2. The minimum atomic E-state index is -1.00. The number of anilines is 2. The number of ether oxygens (including phenoxy) is 1. The molecule has 8 nitrogen and oxygen atoms in total. The van der Waals surface area contributed by atoms with Crippen molar-refractivity contribution in [2.24, 2.45) is 0 Å². The summed E-state index contributed by atoms with van der Waals surface area (Å²) >= 11 is 0. The Morgan fingerprint density at radius 2 is 1.24 bits per heavy atom. The monoisotopic (exact) mass is 544 g/mol. The quantitative estimate of drug-likeness (QED) is 0.216. The van der Waals surface area contributed by atoms with Gasteiger partial charge < -0.3 is 15.4 Å². The van der Waals surface area contributed by atoms with E-state index < -0.39 is 18.0 Å². The Bertz CT molecular complexity index is 1710. The van der Waals surface area contributed by atoms with Gasteiger partial charge in [0, 0.05) is 29.4 Å². The second-order valence-electron chi connectivity index (χ2n) is 9.41. The van der Waals surface area contributed by atoms with Crippen molar-refractivity contribution in [3.63, 3.8) is 0 Å². The number of carbonyl (C=O) groups is 3. The van der Waals surface area contributed by atoms with E-state index in [0.29, 0.717) is 28.1 Å². The number of benzene rings is 4. The molecule has 0 aliphatic carbocycles. The topological polar surface area (TPSA) is 110 Å². The van der Waals surface area contributed by atoms with Gasteiger partial charge in [0.15, 0.2) is 6.10 Å². The van der Waals surface area contributed by atoms with Crippen molar-refractivity contribution in [2.75, 3.05) is 10.6 Å². The summed E-state index contributed by atoms with van der Waals surface area (Å²) in [6, 6.07) is 31.3. The Morgan fingerprint density at radius 1 is 0.707 bits per heavy atom. The number of fused-ring (bicyclic) bond motifs is 1. The van der Waals surface area contributed by atoms with Crippen molar-refractivity contribution in [3.8, 4) is 22.5 Å². The van der Waals surface area contributed by atoms with Gasteiger partial charge in [0.2, 0.25) is 5.91 Å². The molecule has 1 atom stereocenters. The molecular formula is C33H28N4O4. The van der Waals surface area contributed by atoms with Crippen molar-refractivity contribution in [3.05, 3.63) is 109 Å². The van der Waals surface area contributed by atoms with Gasteiger partial charge in [0.05, 0.1) is 28.0 Å². The molecule has 0 aliphatic heterocycles. The number of nitrogens with one attached hydrogen (secondary N) is 2. The third-order valence-electron chi connectivity index (χ3n) is 6.38. The molecule has 204 valence electrons. The van der Waals surface area contributed by atoms with Crippen molar-refractivity contribution < 1.29 is 19.1 Å². The molecule has 0 aliphatic rings. The van der Waals surface area contributed by atoms with E-state index in [0.717, 1.165) is 16.8 Å². The lowest BCUT2D eigenvalue weighted by molar-refractivity contribution is -0.124. The molecule has 5 rings (SSSR count). The zero-order valence-electron chi connectivity index (χ0n) is 22.6. The average molecular weight is 545 g/mol. The van der Waals surface area contributed by atoms with Crippen LogP contribution in [0.15, 0.2) is 103 Å². The zero-order valence-corrected chi connectivity index (χ0v) is 22.6. The molecule has 1 aromatic heterocycles. The number of esters is 1. The van der Waals surface area contributed by atoms with Crippen LogP contribution < -0.4 is 10.6 Å². The van der Waals surface area contributed by atoms with Gasteiger partial charge >= 0.3 is 5.97 Å². The van der Waals surface area contributed by atoms with Gasteiger partial charge in [-0.3, -0.25) is 9.59 Å². The standard InChI is InChI=1S/C33H28N4O4/c1-3-29(32(39)35-26-17-15-25(16-18-26)34-21(2)38)41-33(40)24-14-19-27-28(20-24)37-31(23-12-8-5-9-13-23)30(36-27)22-10-6-4-7-11-22/h4-20,29H,3H2,1-2H3,(H,34,38)(H,35,39). The normalized spacial score (nSPS) is 11.5. The number of rotatable bonds is 8. The Kier molecular flexibility index (Phi) is 8.10. The van der Waals surface area contributed by atoms with Gasteiger partial charge in [-0.05, 0) is 48.9 Å².